The van der Waals surface area contributed by atoms with E-state index in [1.165, 1.54) is 24.3 Å². The summed E-state index contributed by atoms with van der Waals surface area (Å²) in [6.07, 6.45) is -0.127. The number of benzene rings is 1. The first-order chi connectivity index (χ1) is 12.8. The fraction of sp³-hybridized carbons (Fsp3) is 0.438. The van der Waals surface area contributed by atoms with E-state index in [9.17, 15) is 18.3 Å². The first-order valence-electron chi connectivity index (χ1n) is 8.32. The number of carbonyl (C=O) groups excluding carboxylic acids is 1. The molecule has 1 aromatic rings. The van der Waals surface area contributed by atoms with Crippen molar-refractivity contribution in [1.82, 2.24) is 10.4 Å². The highest BCUT2D eigenvalue weighted by Gasteiger charge is 2.35. The van der Waals surface area contributed by atoms with Crippen LogP contribution >= 0.6 is 0 Å². The van der Waals surface area contributed by atoms with Gasteiger partial charge in [0.15, 0.2) is 0 Å². The molecule has 1 aliphatic heterocycles. The molecule has 1 aliphatic rings. The Morgan fingerprint density at radius 1 is 1.48 bits per heavy atom. The molecule has 2 rings (SSSR count). The number of hydroxylamine groups is 2. The fourth-order valence-corrected chi connectivity index (χ4v) is 3.44. The van der Waals surface area contributed by atoms with Crippen LogP contribution in [-0.4, -0.2) is 69.0 Å². The predicted molar refractivity (Wildman–Crippen MR) is 99.9 cm³/mol. The molecule has 0 aromatic heterocycles. The quantitative estimate of drug-likeness (QED) is 0.319. The summed E-state index contributed by atoms with van der Waals surface area (Å²) in [5, 5.41) is 14.2. The molecular formula is C16H23N5O5S. The van der Waals surface area contributed by atoms with Crippen molar-refractivity contribution in [2.24, 2.45) is 15.1 Å². The van der Waals surface area contributed by atoms with E-state index < -0.39 is 34.0 Å². The molecule has 0 saturated carbocycles. The first kappa shape index (κ1) is 21.0. The number of nitrogens with zero attached hydrogens (tertiary/aromatic N) is 3. The number of aliphatic hydroxyl groups excluding tert-OH is 1. The van der Waals surface area contributed by atoms with Crippen LogP contribution in [0.15, 0.2) is 38.6 Å². The van der Waals surface area contributed by atoms with Gasteiger partial charge in [-0.15, -0.1) is 4.40 Å². The maximum Gasteiger partial charge on any atom is 0.285 e. The minimum atomic E-state index is -4.14. The number of amides is 1. The zero-order valence-corrected chi connectivity index (χ0v) is 15.7. The van der Waals surface area contributed by atoms with Crippen molar-refractivity contribution in [3.8, 4) is 0 Å². The second kappa shape index (κ2) is 9.04. The SMILES string of the molecule is C=NC(N)=NS(=O)(=O)c1cccc(C(=O)N(OCCC)[C@@H]2CNC[C@H]2O)c1. The number of aliphatic hydroxyl groups is 1. The molecule has 1 aromatic carbocycles. The third-order valence-corrected chi connectivity index (χ3v) is 5.12. The van der Waals surface area contributed by atoms with Crippen molar-refractivity contribution >= 4 is 28.6 Å². The number of rotatable bonds is 7. The topological polar surface area (TPSA) is 147 Å². The second-order valence-electron chi connectivity index (χ2n) is 5.87. The molecule has 0 aliphatic carbocycles. The number of nitrogens with two attached hydrogens (primary N) is 1. The molecule has 1 amide bonds. The van der Waals surface area contributed by atoms with Gasteiger partial charge >= 0.3 is 0 Å². The zero-order valence-electron chi connectivity index (χ0n) is 14.9. The second-order valence-corrected chi connectivity index (χ2v) is 7.47. The maximum atomic E-state index is 12.9. The van der Waals surface area contributed by atoms with Crippen molar-refractivity contribution in [2.75, 3.05) is 19.7 Å². The van der Waals surface area contributed by atoms with Gasteiger partial charge in [-0.25, -0.2) is 10.1 Å². The van der Waals surface area contributed by atoms with Crippen LogP contribution in [0.1, 0.15) is 23.7 Å². The first-order valence-corrected chi connectivity index (χ1v) is 9.76. The van der Waals surface area contributed by atoms with E-state index in [-0.39, 0.29) is 17.1 Å². The van der Waals surface area contributed by atoms with Gasteiger partial charge in [-0.1, -0.05) is 13.0 Å². The smallest absolute Gasteiger partial charge is 0.285 e. The Hall–Kier alpha value is -2.34. The molecule has 2 atom stereocenters. The van der Waals surface area contributed by atoms with Crippen molar-refractivity contribution in [2.45, 2.75) is 30.4 Å². The summed E-state index contributed by atoms with van der Waals surface area (Å²) in [4.78, 5) is 21.5. The van der Waals surface area contributed by atoms with Crippen LogP contribution in [0.5, 0.6) is 0 Å². The van der Waals surface area contributed by atoms with Gasteiger partial charge in [0.25, 0.3) is 15.9 Å². The summed E-state index contributed by atoms with van der Waals surface area (Å²) >= 11 is 0. The molecule has 1 fully saturated rings. The number of aliphatic imine (C=N–C) groups is 1. The molecule has 4 N–H and O–H groups in total. The lowest BCUT2D eigenvalue weighted by Gasteiger charge is -2.29. The van der Waals surface area contributed by atoms with Crippen molar-refractivity contribution < 1.29 is 23.2 Å². The van der Waals surface area contributed by atoms with Crippen LogP contribution in [0, 0.1) is 0 Å². The van der Waals surface area contributed by atoms with E-state index in [1.54, 1.807) is 0 Å². The largest absolute Gasteiger partial charge is 0.389 e. The average molecular weight is 397 g/mol. The average Bonchev–Trinajstić information content (AvgIpc) is 3.07. The van der Waals surface area contributed by atoms with Crippen LogP contribution < -0.4 is 11.1 Å². The predicted octanol–water partition coefficient (Wildman–Crippen LogP) is -0.493. The molecule has 10 nitrogen and oxygen atoms in total. The molecule has 1 saturated heterocycles. The van der Waals surface area contributed by atoms with Crippen molar-refractivity contribution in [3.05, 3.63) is 29.8 Å². The van der Waals surface area contributed by atoms with Gasteiger partial charge in [0.1, 0.15) is 0 Å². The molecule has 11 heteroatoms. The van der Waals surface area contributed by atoms with Gasteiger partial charge in [0, 0.05) is 18.7 Å². The molecule has 27 heavy (non-hydrogen) atoms. The summed E-state index contributed by atoms with van der Waals surface area (Å²) in [5.74, 6) is -1.06. The highest BCUT2D eigenvalue weighted by molar-refractivity contribution is 7.90. The lowest BCUT2D eigenvalue weighted by atomic mass is 10.1. The minimum Gasteiger partial charge on any atom is -0.389 e. The Kier molecular flexibility index (Phi) is 7.02. The highest BCUT2D eigenvalue weighted by atomic mass is 32.2. The number of guanidine groups is 1. The summed E-state index contributed by atoms with van der Waals surface area (Å²) in [5.41, 5.74) is 5.38. The maximum absolute atomic E-state index is 12.9. The summed E-state index contributed by atoms with van der Waals surface area (Å²) in [6, 6.07) is 4.75. The van der Waals surface area contributed by atoms with Gasteiger partial charge in [0.05, 0.1) is 23.6 Å². The monoisotopic (exact) mass is 397 g/mol. The van der Waals surface area contributed by atoms with Gasteiger partial charge < -0.3 is 16.2 Å². The van der Waals surface area contributed by atoms with Gasteiger partial charge in [-0.3, -0.25) is 9.63 Å². The molecule has 0 unspecified atom stereocenters. The lowest BCUT2D eigenvalue weighted by Crippen LogP contribution is -2.47. The van der Waals surface area contributed by atoms with Gasteiger partial charge in [-0.2, -0.15) is 8.42 Å². The van der Waals surface area contributed by atoms with E-state index in [0.717, 1.165) is 5.06 Å². The van der Waals surface area contributed by atoms with Crippen LogP contribution in [-0.2, 0) is 14.9 Å². The van der Waals surface area contributed by atoms with E-state index in [0.29, 0.717) is 19.5 Å². The number of sulfonamides is 1. The molecule has 1 heterocycles. The van der Waals surface area contributed by atoms with Crippen molar-refractivity contribution in [3.63, 3.8) is 0 Å². The summed E-state index contributed by atoms with van der Waals surface area (Å²) in [7, 11) is -4.14. The highest BCUT2D eigenvalue weighted by Crippen LogP contribution is 2.19. The summed E-state index contributed by atoms with van der Waals surface area (Å²) in [6.45, 7) is 5.97. The van der Waals surface area contributed by atoms with E-state index >= 15 is 0 Å². The summed E-state index contributed by atoms with van der Waals surface area (Å²) < 4.78 is 27.8. The van der Waals surface area contributed by atoms with Crippen LogP contribution in [0.3, 0.4) is 0 Å². The van der Waals surface area contributed by atoms with Crippen LogP contribution in [0.2, 0.25) is 0 Å². The fourth-order valence-electron chi connectivity index (χ4n) is 2.51. The number of β-amino-alcohol motifs (C(OH)–C–C–N with tert-alkyl or cyclic N) is 1. The van der Waals surface area contributed by atoms with Crippen LogP contribution in [0.4, 0.5) is 0 Å². The Labute approximate surface area is 157 Å². The van der Waals surface area contributed by atoms with Crippen molar-refractivity contribution in [1.29, 1.82) is 0 Å². The third kappa shape index (κ3) is 5.10. The van der Waals surface area contributed by atoms with Crippen LogP contribution in [0.25, 0.3) is 0 Å². The Bertz CT molecular complexity index is 826. The van der Waals surface area contributed by atoms with E-state index in [1.807, 2.05) is 6.92 Å². The molecule has 0 spiro atoms. The normalized spacial score (nSPS) is 20.4. The van der Waals surface area contributed by atoms with Gasteiger partial charge in [-0.05, 0) is 31.3 Å². The minimum absolute atomic E-state index is 0.0756. The molecular weight excluding hydrogens is 374 g/mol. The lowest BCUT2D eigenvalue weighted by molar-refractivity contribution is -0.160. The molecule has 0 bridgehead atoms. The van der Waals surface area contributed by atoms with E-state index in [2.05, 4.69) is 21.4 Å². The molecule has 148 valence electrons. The Balaban J connectivity index is 2.35. The number of hydrogen-bond donors (Lipinski definition) is 3. The number of hydrogen-bond acceptors (Lipinski definition) is 6. The Morgan fingerprint density at radius 3 is 2.81 bits per heavy atom. The zero-order chi connectivity index (χ0) is 20.0. The number of nitrogens with one attached hydrogen (secondary N) is 1. The molecule has 0 radical (unpaired) electrons. The third-order valence-electron chi connectivity index (χ3n) is 3.84. The van der Waals surface area contributed by atoms with Gasteiger partial charge in [0.2, 0.25) is 5.96 Å². The number of carbonyl (C=O) groups is 1. The Morgan fingerprint density at radius 2 is 2.22 bits per heavy atom. The standard InChI is InChI=1S/C16H23N5O5S/c1-3-7-26-21(13-9-19-10-14(13)22)15(23)11-5-4-6-12(8-11)27(24,25)20-16(17)18-2/h4-6,8,13-14,19,22H,2-3,7,9-10H2,1H3,(H2,17,20)/t13-,14-/m1/s1. The van der Waals surface area contributed by atoms with E-state index in [4.69, 9.17) is 10.6 Å².